The molecule has 92 valence electrons. The van der Waals surface area contributed by atoms with Crippen LogP contribution in [0, 0.1) is 5.92 Å². The van der Waals surface area contributed by atoms with Crippen LogP contribution in [0.5, 0.6) is 5.75 Å². The SMILES string of the molecule is COc1cccc(C2CN(C)CC2C(=O)O)c1. The molecule has 1 aliphatic heterocycles. The summed E-state index contributed by atoms with van der Waals surface area (Å²) in [6.45, 7) is 1.39. The van der Waals surface area contributed by atoms with E-state index in [1.54, 1.807) is 7.11 Å². The van der Waals surface area contributed by atoms with E-state index in [2.05, 4.69) is 4.90 Å². The van der Waals surface area contributed by atoms with Crippen LogP contribution in [0.4, 0.5) is 0 Å². The predicted molar refractivity (Wildman–Crippen MR) is 64.4 cm³/mol. The molecule has 0 spiro atoms. The van der Waals surface area contributed by atoms with E-state index in [4.69, 9.17) is 4.74 Å². The Morgan fingerprint density at radius 1 is 1.47 bits per heavy atom. The van der Waals surface area contributed by atoms with Crippen molar-refractivity contribution in [2.24, 2.45) is 5.92 Å². The zero-order valence-electron chi connectivity index (χ0n) is 10.1. The molecule has 0 bridgehead atoms. The quantitative estimate of drug-likeness (QED) is 0.861. The number of carbonyl (C=O) groups is 1. The average molecular weight is 235 g/mol. The van der Waals surface area contributed by atoms with Crippen molar-refractivity contribution in [3.8, 4) is 5.75 Å². The number of carboxylic acid groups (broad SMARTS) is 1. The number of benzene rings is 1. The lowest BCUT2D eigenvalue weighted by molar-refractivity contribution is -0.141. The molecular formula is C13H17NO3. The summed E-state index contributed by atoms with van der Waals surface area (Å²) in [6.07, 6.45) is 0. The Hall–Kier alpha value is -1.55. The monoisotopic (exact) mass is 235 g/mol. The second kappa shape index (κ2) is 4.75. The van der Waals surface area contributed by atoms with Gasteiger partial charge in [0.2, 0.25) is 0 Å². The van der Waals surface area contributed by atoms with Gasteiger partial charge in [0.1, 0.15) is 5.75 Å². The molecule has 2 atom stereocenters. The highest BCUT2D eigenvalue weighted by Crippen LogP contribution is 2.33. The highest BCUT2D eigenvalue weighted by Gasteiger charge is 2.36. The van der Waals surface area contributed by atoms with Crippen LogP contribution in [0.3, 0.4) is 0 Å². The van der Waals surface area contributed by atoms with Gasteiger partial charge in [-0.3, -0.25) is 4.79 Å². The van der Waals surface area contributed by atoms with E-state index >= 15 is 0 Å². The molecule has 0 aromatic heterocycles. The summed E-state index contributed by atoms with van der Waals surface area (Å²) in [7, 11) is 3.57. The molecule has 17 heavy (non-hydrogen) atoms. The molecule has 4 heteroatoms. The maximum absolute atomic E-state index is 11.2. The molecule has 1 aromatic carbocycles. The van der Waals surface area contributed by atoms with Crippen molar-refractivity contribution in [1.29, 1.82) is 0 Å². The molecule has 1 saturated heterocycles. The van der Waals surface area contributed by atoms with Gasteiger partial charge in [-0.1, -0.05) is 12.1 Å². The smallest absolute Gasteiger partial charge is 0.308 e. The van der Waals surface area contributed by atoms with Gasteiger partial charge in [0.05, 0.1) is 13.0 Å². The zero-order valence-corrected chi connectivity index (χ0v) is 10.1. The first-order chi connectivity index (χ1) is 8.11. The van der Waals surface area contributed by atoms with E-state index < -0.39 is 5.97 Å². The number of ether oxygens (including phenoxy) is 1. The first-order valence-electron chi connectivity index (χ1n) is 5.67. The Labute approximate surface area is 101 Å². The molecule has 1 heterocycles. The Morgan fingerprint density at radius 2 is 2.24 bits per heavy atom. The van der Waals surface area contributed by atoms with Crippen LogP contribution < -0.4 is 4.74 Å². The van der Waals surface area contributed by atoms with Crippen LogP contribution >= 0.6 is 0 Å². The number of carboxylic acids is 1. The third kappa shape index (κ3) is 2.42. The summed E-state index contributed by atoms with van der Waals surface area (Å²) < 4.78 is 5.18. The lowest BCUT2D eigenvalue weighted by Crippen LogP contribution is -2.21. The van der Waals surface area contributed by atoms with E-state index in [0.717, 1.165) is 17.9 Å². The van der Waals surface area contributed by atoms with Crippen LogP contribution in [0.1, 0.15) is 11.5 Å². The molecular weight excluding hydrogens is 218 g/mol. The molecule has 0 amide bonds. The lowest BCUT2D eigenvalue weighted by Gasteiger charge is -2.15. The lowest BCUT2D eigenvalue weighted by atomic mass is 9.89. The normalized spacial score (nSPS) is 24.8. The second-order valence-corrected chi connectivity index (χ2v) is 4.55. The number of nitrogens with zero attached hydrogens (tertiary/aromatic N) is 1. The van der Waals surface area contributed by atoms with Crippen LogP contribution in [0.25, 0.3) is 0 Å². The minimum Gasteiger partial charge on any atom is -0.497 e. The number of methoxy groups -OCH3 is 1. The summed E-state index contributed by atoms with van der Waals surface area (Å²) in [5, 5.41) is 9.23. The third-order valence-electron chi connectivity index (χ3n) is 3.34. The fourth-order valence-electron chi connectivity index (χ4n) is 2.46. The predicted octanol–water partition coefficient (Wildman–Crippen LogP) is 1.42. The van der Waals surface area contributed by atoms with Gasteiger partial charge in [0.15, 0.2) is 0 Å². The molecule has 1 N–H and O–H groups in total. The van der Waals surface area contributed by atoms with E-state index in [1.807, 2.05) is 31.3 Å². The zero-order chi connectivity index (χ0) is 12.4. The van der Waals surface area contributed by atoms with Gasteiger partial charge in [-0.05, 0) is 24.7 Å². The minimum absolute atomic E-state index is 0.0487. The highest BCUT2D eigenvalue weighted by atomic mass is 16.5. The molecule has 1 fully saturated rings. The Kier molecular flexibility index (Phi) is 3.33. The Balaban J connectivity index is 2.28. The van der Waals surface area contributed by atoms with Gasteiger partial charge in [0, 0.05) is 19.0 Å². The van der Waals surface area contributed by atoms with Crippen molar-refractivity contribution in [1.82, 2.24) is 4.90 Å². The topological polar surface area (TPSA) is 49.8 Å². The number of aliphatic carboxylic acids is 1. The van der Waals surface area contributed by atoms with Gasteiger partial charge in [-0.25, -0.2) is 0 Å². The third-order valence-corrected chi connectivity index (χ3v) is 3.34. The van der Waals surface area contributed by atoms with Crippen LogP contribution in [0.2, 0.25) is 0 Å². The second-order valence-electron chi connectivity index (χ2n) is 4.55. The Bertz CT molecular complexity index is 419. The molecule has 1 aromatic rings. The van der Waals surface area contributed by atoms with Crippen LogP contribution in [-0.2, 0) is 4.79 Å². The number of likely N-dealkylation sites (tertiary alicyclic amines) is 1. The van der Waals surface area contributed by atoms with Gasteiger partial charge in [-0.15, -0.1) is 0 Å². The standard InChI is InChI=1S/C13H17NO3/c1-14-7-11(12(8-14)13(15)16)9-4-3-5-10(6-9)17-2/h3-6,11-12H,7-8H2,1-2H3,(H,15,16). The van der Waals surface area contributed by atoms with Gasteiger partial charge in [-0.2, -0.15) is 0 Å². The number of rotatable bonds is 3. The molecule has 1 aliphatic rings. The number of hydrogen-bond donors (Lipinski definition) is 1. The number of likely N-dealkylation sites (N-methyl/N-ethyl adjacent to an activating group) is 1. The minimum atomic E-state index is -0.720. The van der Waals surface area contributed by atoms with Crippen molar-refractivity contribution >= 4 is 5.97 Å². The number of hydrogen-bond acceptors (Lipinski definition) is 3. The first kappa shape index (κ1) is 11.9. The largest absolute Gasteiger partial charge is 0.497 e. The molecule has 4 nitrogen and oxygen atoms in total. The summed E-state index contributed by atoms with van der Waals surface area (Å²) in [5.74, 6) is -0.219. The van der Waals surface area contributed by atoms with Crippen molar-refractivity contribution in [2.45, 2.75) is 5.92 Å². The maximum atomic E-state index is 11.2. The summed E-state index contributed by atoms with van der Waals surface area (Å²) in [6, 6.07) is 7.69. The fraction of sp³-hybridized carbons (Fsp3) is 0.462. The van der Waals surface area contributed by atoms with Crippen molar-refractivity contribution in [3.05, 3.63) is 29.8 Å². The van der Waals surface area contributed by atoms with Gasteiger partial charge in [0.25, 0.3) is 0 Å². The van der Waals surface area contributed by atoms with Crippen LogP contribution in [-0.4, -0.2) is 43.2 Å². The van der Waals surface area contributed by atoms with E-state index in [9.17, 15) is 9.90 Å². The van der Waals surface area contributed by atoms with Gasteiger partial charge < -0.3 is 14.7 Å². The van der Waals surface area contributed by atoms with E-state index in [-0.39, 0.29) is 11.8 Å². The van der Waals surface area contributed by atoms with Crippen molar-refractivity contribution < 1.29 is 14.6 Å². The molecule has 0 saturated carbocycles. The van der Waals surface area contributed by atoms with E-state index in [1.165, 1.54) is 0 Å². The Morgan fingerprint density at radius 3 is 2.88 bits per heavy atom. The van der Waals surface area contributed by atoms with Crippen molar-refractivity contribution in [3.63, 3.8) is 0 Å². The average Bonchev–Trinajstić information content (AvgIpc) is 2.72. The van der Waals surface area contributed by atoms with Gasteiger partial charge >= 0.3 is 5.97 Å². The van der Waals surface area contributed by atoms with Crippen molar-refractivity contribution in [2.75, 3.05) is 27.2 Å². The molecule has 0 aliphatic carbocycles. The molecule has 0 radical (unpaired) electrons. The summed E-state index contributed by atoms with van der Waals surface area (Å²) in [5.41, 5.74) is 1.04. The van der Waals surface area contributed by atoms with Crippen LogP contribution in [0.15, 0.2) is 24.3 Å². The molecule has 2 unspecified atom stereocenters. The first-order valence-corrected chi connectivity index (χ1v) is 5.67. The van der Waals surface area contributed by atoms with E-state index in [0.29, 0.717) is 6.54 Å². The maximum Gasteiger partial charge on any atom is 0.308 e. The molecule has 2 rings (SSSR count). The fourth-order valence-corrected chi connectivity index (χ4v) is 2.46. The summed E-state index contributed by atoms with van der Waals surface area (Å²) >= 11 is 0. The highest BCUT2D eigenvalue weighted by molar-refractivity contribution is 5.72. The summed E-state index contributed by atoms with van der Waals surface area (Å²) in [4.78, 5) is 13.3.